The Morgan fingerprint density at radius 3 is 2.55 bits per heavy atom. The van der Waals surface area contributed by atoms with E-state index in [1.807, 2.05) is 26.0 Å². The first kappa shape index (κ1) is 12.4. The number of nitrogens with zero attached hydrogens (tertiary/aromatic N) is 3. The number of aryl methyl sites for hydroxylation is 2. The second-order valence-electron chi connectivity index (χ2n) is 4.63. The van der Waals surface area contributed by atoms with Crippen LogP contribution in [0.1, 0.15) is 11.1 Å². The smallest absolute Gasteiger partial charge is 0.250 e. The molecule has 0 saturated heterocycles. The largest absolute Gasteiger partial charge is 0.437 e. The SMILES string of the molecule is CNc1nc(Oc2cc(C)cc(C)c2)c2[nH]cnc2n1. The number of aromatic amines is 1. The molecular weight excluding hydrogens is 254 g/mol. The van der Waals surface area contributed by atoms with E-state index in [1.54, 1.807) is 13.4 Å². The Balaban J connectivity index is 2.07. The van der Waals surface area contributed by atoms with Gasteiger partial charge in [0.1, 0.15) is 11.3 Å². The molecule has 102 valence electrons. The van der Waals surface area contributed by atoms with Crippen LogP contribution in [-0.2, 0) is 0 Å². The molecule has 0 unspecified atom stereocenters. The van der Waals surface area contributed by atoms with Gasteiger partial charge in [0.25, 0.3) is 5.88 Å². The molecule has 0 aliphatic rings. The van der Waals surface area contributed by atoms with E-state index in [1.165, 1.54) is 0 Å². The Hall–Kier alpha value is -2.63. The van der Waals surface area contributed by atoms with Gasteiger partial charge >= 0.3 is 0 Å². The molecule has 0 atom stereocenters. The molecule has 6 nitrogen and oxygen atoms in total. The van der Waals surface area contributed by atoms with Crippen molar-refractivity contribution >= 4 is 17.1 Å². The van der Waals surface area contributed by atoms with E-state index in [-0.39, 0.29) is 0 Å². The van der Waals surface area contributed by atoms with E-state index in [4.69, 9.17) is 4.74 Å². The average molecular weight is 269 g/mol. The molecule has 3 aromatic rings. The van der Waals surface area contributed by atoms with Crippen LogP contribution < -0.4 is 10.1 Å². The summed E-state index contributed by atoms with van der Waals surface area (Å²) in [6.07, 6.45) is 1.58. The van der Waals surface area contributed by atoms with E-state index in [2.05, 4.69) is 31.3 Å². The van der Waals surface area contributed by atoms with E-state index in [0.29, 0.717) is 23.0 Å². The monoisotopic (exact) mass is 269 g/mol. The number of hydrogen-bond acceptors (Lipinski definition) is 5. The van der Waals surface area contributed by atoms with Crippen molar-refractivity contribution in [1.82, 2.24) is 19.9 Å². The van der Waals surface area contributed by atoms with Gasteiger partial charge in [-0.3, -0.25) is 0 Å². The molecule has 0 fully saturated rings. The number of ether oxygens (including phenoxy) is 1. The quantitative estimate of drug-likeness (QED) is 0.764. The average Bonchev–Trinajstić information content (AvgIpc) is 2.85. The fraction of sp³-hybridized carbons (Fsp3) is 0.214. The van der Waals surface area contributed by atoms with Crippen LogP contribution in [0.5, 0.6) is 11.6 Å². The number of aromatic nitrogens is 4. The summed E-state index contributed by atoms with van der Waals surface area (Å²) in [6.45, 7) is 4.06. The van der Waals surface area contributed by atoms with Gasteiger partial charge in [-0.1, -0.05) is 6.07 Å². The molecule has 0 amide bonds. The molecule has 0 spiro atoms. The standard InChI is InChI=1S/C14H15N5O/c1-8-4-9(2)6-10(5-8)20-13-11-12(17-7-16-11)18-14(15-3)19-13/h4-7H,1-3H3,(H2,15,16,17,18,19). The first-order chi connectivity index (χ1) is 9.65. The number of nitrogens with one attached hydrogen (secondary N) is 2. The summed E-state index contributed by atoms with van der Waals surface area (Å²) in [5.41, 5.74) is 3.54. The molecule has 3 rings (SSSR count). The third-order valence-corrected chi connectivity index (χ3v) is 2.89. The van der Waals surface area contributed by atoms with Gasteiger partial charge in [-0.25, -0.2) is 4.98 Å². The number of imidazole rings is 1. The molecule has 2 aromatic heterocycles. The van der Waals surface area contributed by atoms with Crippen molar-refractivity contribution < 1.29 is 4.74 Å². The highest BCUT2D eigenvalue weighted by Crippen LogP contribution is 2.27. The van der Waals surface area contributed by atoms with Crippen molar-refractivity contribution in [3.8, 4) is 11.6 Å². The predicted octanol–water partition coefficient (Wildman–Crippen LogP) is 2.80. The third kappa shape index (κ3) is 2.27. The summed E-state index contributed by atoms with van der Waals surface area (Å²) in [6, 6.07) is 6.03. The van der Waals surface area contributed by atoms with E-state index in [0.717, 1.165) is 16.9 Å². The van der Waals surface area contributed by atoms with Crippen LogP contribution in [0.4, 0.5) is 5.95 Å². The lowest BCUT2D eigenvalue weighted by atomic mass is 10.1. The molecule has 1 aromatic carbocycles. The lowest BCUT2D eigenvalue weighted by molar-refractivity contribution is 0.467. The molecule has 0 bridgehead atoms. The molecule has 2 heterocycles. The van der Waals surface area contributed by atoms with Crippen LogP contribution in [0.2, 0.25) is 0 Å². The maximum atomic E-state index is 5.89. The molecule has 0 aliphatic heterocycles. The zero-order valence-electron chi connectivity index (χ0n) is 11.6. The van der Waals surface area contributed by atoms with Crippen molar-refractivity contribution in [2.24, 2.45) is 0 Å². The zero-order chi connectivity index (χ0) is 14.1. The molecule has 0 saturated carbocycles. The summed E-state index contributed by atoms with van der Waals surface area (Å²) < 4.78 is 5.89. The van der Waals surface area contributed by atoms with Crippen molar-refractivity contribution in [1.29, 1.82) is 0 Å². The first-order valence-corrected chi connectivity index (χ1v) is 6.31. The summed E-state index contributed by atoms with van der Waals surface area (Å²) in [7, 11) is 1.76. The summed E-state index contributed by atoms with van der Waals surface area (Å²) in [4.78, 5) is 15.7. The summed E-state index contributed by atoms with van der Waals surface area (Å²) in [5.74, 6) is 1.69. The van der Waals surface area contributed by atoms with Gasteiger partial charge in [0.2, 0.25) is 5.95 Å². The predicted molar refractivity (Wildman–Crippen MR) is 77.2 cm³/mol. The Labute approximate surface area is 116 Å². The molecule has 2 N–H and O–H groups in total. The number of benzene rings is 1. The van der Waals surface area contributed by atoms with E-state index >= 15 is 0 Å². The van der Waals surface area contributed by atoms with Crippen molar-refractivity contribution in [2.75, 3.05) is 12.4 Å². The van der Waals surface area contributed by atoms with Crippen LogP contribution >= 0.6 is 0 Å². The van der Waals surface area contributed by atoms with Gasteiger partial charge in [0, 0.05) is 7.05 Å². The molecule has 20 heavy (non-hydrogen) atoms. The fourth-order valence-electron chi connectivity index (χ4n) is 2.10. The van der Waals surface area contributed by atoms with Gasteiger partial charge in [-0.05, 0) is 37.1 Å². The Bertz CT molecular complexity index is 745. The van der Waals surface area contributed by atoms with Gasteiger partial charge in [0.05, 0.1) is 6.33 Å². The van der Waals surface area contributed by atoms with Crippen molar-refractivity contribution in [2.45, 2.75) is 13.8 Å². The first-order valence-electron chi connectivity index (χ1n) is 6.31. The Morgan fingerprint density at radius 2 is 1.85 bits per heavy atom. The zero-order valence-corrected chi connectivity index (χ0v) is 11.6. The maximum absolute atomic E-state index is 5.89. The van der Waals surface area contributed by atoms with Crippen molar-refractivity contribution in [3.63, 3.8) is 0 Å². The topological polar surface area (TPSA) is 75.7 Å². The Morgan fingerprint density at radius 1 is 1.10 bits per heavy atom. The van der Waals surface area contributed by atoms with Crippen LogP contribution in [-0.4, -0.2) is 27.0 Å². The lowest BCUT2D eigenvalue weighted by Gasteiger charge is -2.08. The molecule has 0 aliphatic carbocycles. The highest BCUT2D eigenvalue weighted by molar-refractivity contribution is 5.77. The lowest BCUT2D eigenvalue weighted by Crippen LogP contribution is -1.99. The second kappa shape index (κ2) is 4.80. The van der Waals surface area contributed by atoms with E-state index in [9.17, 15) is 0 Å². The minimum absolute atomic E-state index is 0.460. The van der Waals surface area contributed by atoms with E-state index < -0.39 is 0 Å². The number of fused-ring (bicyclic) bond motifs is 1. The normalized spacial score (nSPS) is 10.8. The molecule has 0 radical (unpaired) electrons. The van der Waals surface area contributed by atoms with Crippen molar-refractivity contribution in [3.05, 3.63) is 35.7 Å². The highest BCUT2D eigenvalue weighted by Gasteiger charge is 2.11. The number of rotatable bonds is 3. The number of anilines is 1. The van der Waals surface area contributed by atoms with Gasteiger partial charge < -0.3 is 15.0 Å². The summed E-state index contributed by atoms with van der Waals surface area (Å²) in [5, 5.41) is 2.90. The van der Waals surface area contributed by atoms with Gasteiger partial charge in [0.15, 0.2) is 5.65 Å². The van der Waals surface area contributed by atoms with Crippen LogP contribution in [0.15, 0.2) is 24.5 Å². The minimum atomic E-state index is 0.460. The van der Waals surface area contributed by atoms with Crippen LogP contribution in [0.25, 0.3) is 11.2 Å². The number of hydrogen-bond donors (Lipinski definition) is 2. The van der Waals surface area contributed by atoms with Gasteiger partial charge in [-0.15, -0.1) is 0 Å². The minimum Gasteiger partial charge on any atom is -0.437 e. The van der Waals surface area contributed by atoms with Crippen LogP contribution in [0.3, 0.4) is 0 Å². The summed E-state index contributed by atoms with van der Waals surface area (Å²) >= 11 is 0. The van der Waals surface area contributed by atoms with Crippen LogP contribution in [0, 0.1) is 13.8 Å². The third-order valence-electron chi connectivity index (χ3n) is 2.89. The molecular formula is C14H15N5O. The molecule has 6 heteroatoms. The maximum Gasteiger partial charge on any atom is 0.250 e. The van der Waals surface area contributed by atoms with Gasteiger partial charge in [-0.2, -0.15) is 9.97 Å². The number of H-pyrrole nitrogens is 1. The fourth-order valence-corrected chi connectivity index (χ4v) is 2.10. The Kier molecular flexibility index (Phi) is 2.98. The highest BCUT2D eigenvalue weighted by atomic mass is 16.5. The second-order valence-corrected chi connectivity index (χ2v) is 4.63.